The molecule has 1 saturated heterocycles. The Hall–Kier alpha value is -0.650. The van der Waals surface area contributed by atoms with Crippen molar-refractivity contribution in [1.82, 2.24) is 5.32 Å². The third kappa shape index (κ3) is 3.67. The van der Waals surface area contributed by atoms with Gasteiger partial charge < -0.3 is 20.5 Å². The fraction of sp³-hybridized carbons (Fsp3) is 0.923. The molecule has 0 spiro atoms. The molecule has 5 heteroatoms. The second-order valence-corrected chi connectivity index (χ2v) is 5.33. The van der Waals surface area contributed by atoms with Gasteiger partial charge in [-0.25, -0.2) is 0 Å². The number of amides is 1. The molecule has 2 aliphatic rings. The van der Waals surface area contributed by atoms with Crippen LogP contribution in [0.3, 0.4) is 0 Å². The maximum Gasteiger partial charge on any atom is 0.240 e. The molecular weight excluding hydrogens is 232 g/mol. The van der Waals surface area contributed by atoms with Gasteiger partial charge in [0, 0.05) is 19.8 Å². The van der Waals surface area contributed by atoms with E-state index in [1.54, 1.807) is 0 Å². The van der Waals surface area contributed by atoms with E-state index in [9.17, 15) is 4.79 Å². The number of hydrogen-bond acceptors (Lipinski definition) is 4. The number of rotatable bonds is 7. The summed E-state index contributed by atoms with van der Waals surface area (Å²) in [6.45, 7) is 2.85. The zero-order valence-corrected chi connectivity index (χ0v) is 11.0. The summed E-state index contributed by atoms with van der Waals surface area (Å²) in [5.41, 5.74) is 5.33. The third-order valence-corrected chi connectivity index (χ3v) is 3.78. The van der Waals surface area contributed by atoms with Crippen LogP contribution in [0.15, 0.2) is 0 Å². The van der Waals surface area contributed by atoms with E-state index in [0.717, 1.165) is 45.1 Å². The number of hydrogen-bond donors (Lipinski definition) is 2. The summed E-state index contributed by atoms with van der Waals surface area (Å²) in [6, 6.07) is 0. The van der Waals surface area contributed by atoms with Gasteiger partial charge in [-0.15, -0.1) is 0 Å². The molecule has 104 valence electrons. The van der Waals surface area contributed by atoms with Crippen molar-refractivity contribution in [3.63, 3.8) is 0 Å². The van der Waals surface area contributed by atoms with Gasteiger partial charge in [-0.3, -0.25) is 4.79 Å². The predicted octanol–water partition coefficient (Wildman–Crippen LogP) is 0.570. The lowest BCUT2D eigenvalue weighted by Gasteiger charge is -2.36. The maximum atomic E-state index is 11.7. The van der Waals surface area contributed by atoms with E-state index in [0.29, 0.717) is 19.8 Å². The Kier molecular flexibility index (Phi) is 4.97. The standard InChI is InChI=1S/C13H24N2O3/c14-13(5-2-6-13)12(16)15-7-3-8-17-10-11-4-1-9-18-11/h11H,1-10,14H2,(H,15,16). The highest BCUT2D eigenvalue weighted by Crippen LogP contribution is 2.28. The molecule has 18 heavy (non-hydrogen) atoms. The number of nitrogens with one attached hydrogen (secondary N) is 1. The monoisotopic (exact) mass is 256 g/mol. The van der Waals surface area contributed by atoms with Crippen LogP contribution < -0.4 is 11.1 Å². The van der Waals surface area contributed by atoms with Crippen LogP contribution in [0.1, 0.15) is 38.5 Å². The van der Waals surface area contributed by atoms with E-state index in [4.69, 9.17) is 15.2 Å². The lowest BCUT2D eigenvalue weighted by atomic mass is 9.77. The zero-order valence-electron chi connectivity index (χ0n) is 11.0. The summed E-state index contributed by atoms with van der Waals surface area (Å²) < 4.78 is 11.0. The average Bonchev–Trinajstić information content (AvgIpc) is 2.83. The Labute approximate surface area is 108 Å². The fourth-order valence-corrected chi connectivity index (χ4v) is 2.33. The number of nitrogens with two attached hydrogens (primary N) is 1. The minimum Gasteiger partial charge on any atom is -0.379 e. The summed E-state index contributed by atoms with van der Waals surface area (Å²) >= 11 is 0. The summed E-state index contributed by atoms with van der Waals surface area (Å²) in [7, 11) is 0. The molecule has 0 bridgehead atoms. The van der Waals surface area contributed by atoms with Crippen LogP contribution in [0.2, 0.25) is 0 Å². The van der Waals surface area contributed by atoms with Gasteiger partial charge in [0.25, 0.3) is 0 Å². The van der Waals surface area contributed by atoms with Crippen molar-refractivity contribution in [2.24, 2.45) is 5.73 Å². The number of carbonyl (C=O) groups excluding carboxylic acids is 1. The van der Waals surface area contributed by atoms with Crippen molar-refractivity contribution >= 4 is 5.91 Å². The Balaban J connectivity index is 1.44. The Bertz CT molecular complexity index is 273. The second kappa shape index (κ2) is 6.50. The minimum absolute atomic E-state index is 0.00660. The molecule has 0 aromatic rings. The average molecular weight is 256 g/mol. The molecule has 2 rings (SSSR count). The van der Waals surface area contributed by atoms with Gasteiger partial charge in [0.05, 0.1) is 18.2 Å². The minimum atomic E-state index is -0.585. The van der Waals surface area contributed by atoms with E-state index in [2.05, 4.69) is 5.32 Å². The van der Waals surface area contributed by atoms with Gasteiger partial charge in [-0.2, -0.15) is 0 Å². The zero-order chi connectivity index (χ0) is 12.8. The fourth-order valence-electron chi connectivity index (χ4n) is 2.33. The molecule has 1 unspecified atom stereocenters. The first-order chi connectivity index (χ1) is 8.71. The van der Waals surface area contributed by atoms with Crippen molar-refractivity contribution in [3.05, 3.63) is 0 Å². The third-order valence-electron chi connectivity index (χ3n) is 3.78. The quantitative estimate of drug-likeness (QED) is 0.653. The molecule has 0 radical (unpaired) electrons. The van der Waals surface area contributed by atoms with E-state index in [-0.39, 0.29) is 12.0 Å². The van der Waals surface area contributed by atoms with Crippen LogP contribution in [0, 0.1) is 0 Å². The van der Waals surface area contributed by atoms with E-state index in [1.807, 2.05) is 0 Å². The molecule has 1 amide bonds. The van der Waals surface area contributed by atoms with Crippen LogP contribution in [-0.2, 0) is 14.3 Å². The Morgan fingerprint density at radius 2 is 2.28 bits per heavy atom. The van der Waals surface area contributed by atoms with Crippen LogP contribution in [0.25, 0.3) is 0 Å². The molecule has 1 aliphatic heterocycles. The first-order valence-electron chi connectivity index (χ1n) is 6.97. The van der Waals surface area contributed by atoms with Gasteiger partial charge in [-0.05, 0) is 38.5 Å². The van der Waals surface area contributed by atoms with Crippen LogP contribution in [0.4, 0.5) is 0 Å². The molecule has 0 aromatic heterocycles. The molecule has 1 heterocycles. The first kappa shape index (κ1) is 13.8. The van der Waals surface area contributed by atoms with Crippen LogP contribution in [0.5, 0.6) is 0 Å². The highest BCUT2D eigenvalue weighted by Gasteiger charge is 2.39. The second-order valence-electron chi connectivity index (χ2n) is 5.33. The Morgan fingerprint density at radius 1 is 1.44 bits per heavy atom. The SMILES string of the molecule is NC1(C(=O)NCCCOCC2CCCO2)CCC1. The maximum absolute atomic E-state index is 11.7. The molecule has 5 nitrogen and oxygen atoms in total. The summed E-state index contributed by atoms with van der Waals surface area (Å²) in [4.78, 5) is 11.7. The highest BCUT2D eigenvalue weighted by atomic mass is 16.5. The molecule has 1 saturated carbocycles. The van der Waals surface area contributed by atoms with Crippen molar-refractivity contribution in [3.8, 4) is 0 Å². The molecular formula is C13H24N2O3. The normalized spacial score (nSPS) is 25.7. The summed E-state index contributed by atoms with van der Waals surface area (Å²) in [6.07, 6.45) is 6.04. The topological polar surface area (TPSA) is 73.6 Å². The molecule has 0 aromatic carbocycles. The molecule has 1 aliphatic carbocycles. The van der Waals surface area contributed by atoms with Crippen molar-refractivity contribution in [2.75, 3.05) is 26.4 Å². The van der Waals surface area contributed by atoms with Gasteiger partial charge >= 0.3 is 0 Å². The highest BCUT2D eigenvalue weighted by molar-refractivity contribution is 5.86. The summed E-state index contributed by atoms with van der Waals surface area (Å²) in [5, 5.41) is 2.88. The molecule has 3 N–H and O–H groups in total. The van der Waals surface area contributed by atoms with Crippen molar-refractivity contribution in [1.29, 1.82) is 0 Å². The van der Waals surface area contributed by atoms with Crippen molar-refractivity contribution < 1.29 is 14.3 Å². The van der Waals surface area contributed by atoms with Gasteiger partial charge in [0.2, 0.25) is 5.91 Å². The summed E-state index contributed by atoms with van der Waals surface area (Å²) in [5.74, 6) is -0.00660. The lowest BCUT2D eigenvalue weighted by Crippen LogP contribution is -2.58. The van der Waals surface area contributed by atoms with Crippen LogP contribution in [-0.4, -0.2) is 43.9 Å². The van der Waals surface area contributed by atoms with Crippen LogP contribution >= 0.6 is 0 Å². The van der Waals surface area contributed by atoms with Gasteiger partial charge in [0.1, 0.15) is 0 Å². The van der Waals surface area contributed by atoms with Gasteiger partial charge in [0.15, 0.2) is 0 Å². The van der Waals surface area contributed by atoms with Gasteiger partial charge in [-0.1, -0.05) is 0 Å². The smallest absolute Gasteiger partial charge is 0.240 e. The lowest BCUT2D eigenvalue weighted by molar-refractivity contribution is -0.129. The largest absolute Gasteiger partial charge is 0.379 e. The van der Waals surface area contributed by atoms with E-state index in [1.165, 1.54) is 0 Å². The van der Waals surface area contributed by atoms with E-state index < -0.39 is 5.54 Å². The Morgan fingerprint density at radius 3 is 2.89 bits per heavy atom. The molecule has 1 atom stereocenters. The first-order valence-corrected chi connectivity index (χ1v) is 6.97. The van der Waals surface area contributed by atoms with E-state index >= 15 is 0 Å². The predicted molar refractivity (Wildman–Crippen MR) is 68.2 cm³/mol. The van der Waals surface area contributed by atoms with Crippen molar-refractivity contribution in [2.45, 2.75) is 50.2 Å². The molecule has 2 fully saturated rings. The number of ether oxygens (including phenoxy) is 2. The number of carbonyl (C=O) groups is 1.